The van der Waals surface area contributed by atoms with E-state index in [1.54, 1.807) is 13.1 Å². The lowest BCUT2D eigenvalue weighted by atomic mass is 10.2. The van der Waals surface area contributed by atoms with Crippen LogP contribution in [0, 0.1) is 0 Å². The molecule has 1 aromatic rings. The number of pyridine rings is 1. The molecule has 0 saturated carbocycles. The van der Waals surface area contributed by atoms with E-state index in [4.69, 9.17) is 0 Å². The number of aliphatic hydroxyl groups is 1. The van der Waals surface area contributed by atoms with Crippen LogP contribution in [-0.2, 0) is 0 Å². The maximum Gasteiger partial charge on any atom is 0.128 e. The third-order valence-electron chi connectivity index (χ3n) is 2.42. The highest BCUT2D eigenvalue weighted by Gasteiger charge is 2.07. The minimum atomic E-state index is -0.460. The lowest BCUT2D eigenvalue weighted by Crippen LogP contribution is -2.25. The molecule has 1 N–H and O–H groups in total. The number of hydrogen-bond acceptors (Lipinski definition) is 3. The molecular formula is C13H20N2O. The van der Waals surface area contributed by atoms with E-state index < -0.39 is 6.10 Å². The zero-order chi connectivity index (χ0) is 12.1. The van der Waals surface area contributed by atoms with Crippen LogP contribution >= 0.6 is 0 Å². The van der Waals surface area contributed by atoms with Gasteiger partial charge in [0.2, 0.25) is 0 Å². The Balaban J connectivity index is 2.82. The number of rotatable bonds is 5. The summed E-state index contributed by atoms with van der Waals surface area (Å²) in [7, 11) is 0. The van der Waals surface area contributed by atoms with Crippen LogP contribution in [-0.4, -0.2) is 23.2 Å². The topological polar surface area (TPSA) is 36.4 Å². The molecule has 0 bridgehead atoms. The largest absolute Gasteiger partial charge is 0.389 e. The SMILES string of the molecule is C=C(C)CN(CC)c1ccc(C(C)O)cn1. The molecule has 0 amide bonds. The van der Waals surface area contributed by atoms with E-state index in [1.807, 2.05) is 19.1 Å². The predicted octanol–water partition coefficient (Wildman–Crippen LogP) is 2.54. The lowest BCUT2D eigenvalue weighted by molar-refractivity contribution is 0.199. The normalized spacial score (nSPS) is 12.2. The summed E-state index contributed by atoms with van der Waals surface area (Å²) in [6.07, 6.45) is 1.26. The van der Waals surface area contributed by atoms with Crippen molar-refractivity contribution in [3.05, 3.63) is 36.0 Å². The van der Waals surface area contributed by atoms with Crippen LogP contribution in [0.4, 0.5) is 5.82 Å². The number of likely N-dealkylation sites (N-methyl/N-ethyl adjacent to an activating group) is 1. The first-order valence-electron chi connectivity index (χ1n) is 5.58. The standard InChI is InChI=1S/C13H20N2O/c1-5-15(9-10(2)3)13-7-6-12(8-14-13)11(4)16/h6-8,11,16H,2,5,9H2,1,3-4H3. The van der Waals surface area contributed by atoms with Gasteiger partial charge in [0, 0.05) is 19.3 Å². The van der Waals surface area contributed by atoms with E-state index in [9.17, 15) is 5.11 Å². The van der Waals surface area contributed by atoms with Gasteiger partial charge in [0.25, 0.3) is 0 Å². The summed E-state index contributed by atoms with van der Waals surface area (Å²) >= 11 is 0. The first-order valence-corrected chi connectivity index (χ1v) is 5.58. The Hall–Kier alpha value is -1.35. The summed E-state index contributed by atoms with van der Waals surface area (Å²) in [5.41, 5.74) is 1.96. The third-order valence-corrected chi connectivity index (χ3v) is 2.42. The fourth-order valence-electron chi connectivity index (χ4n) is 1.51. The van der Waals surface area contributed by atoms with E-state index in [2.05, 4.69) is 23.4 Å². The van der Waals surface area contributed by atoms with Gasteiger partial charge in [-0.25, -0.2) is 4.98 Å². The van der Waals surface area contributed by atoms with E-state index >= 15 is 0 Å². The average Bonchev–Trinajstić information content (AvgIpc) is 2.25. The van der Waals surface area contributed by atoms with Crippen molar-refractivity contribution in [3.63, 3.8) is 0 Å². The average molecular weight is 220 g/mol. The van der Waals surface area contributed by atoms with Crippen molar-refractivity contribution >= 4 is 5.82 Å². The van der Waals surface area contributed by atoms with E-state index in [1.165, 1.54) is 0 Å². The maximum atomic E-state index is 9.39. The highest BCUT2D eigenvalue weighted by Crippen LogP contribution is 2.16. The van der Waals surface area contributed by atoms with Crippen molar-refractivity contribution < 1.29 is 5.11 Å². The van der Waals surface area contributed by atoms with Crippen LogP contribution in [0.3, 0.4) is 0 Å². The van der Waals surface area contributed by atoms with Crippen molar-refractivity contribution in [2.75, 3.05) is 18.0 Å². The van der Waals surface area contributed by atoms with Gasteiger partial charge in [-0.3, -0.25) is 0 Å². The number of hydrogen-bond donors (Lipinski definition) is 1. The van der Waals surface area contributed by atoms with Crippen molar-refractivity contribution in [2.45, 2.75) is 26.9 Å². The Kier molecular flexibility index (Phi) is 4.50. The smallest absolute Gasteiger partial charge is 0.128 e. The molecule has 1 aromatic heterocycles. The highest BCUT2D eigenvalue weighted by atomic mass is 16.3. The molecule has 0 aliphatic heterocycles. The first kappa shape index (κ1) is 12.7. The molecule has 1 rings (SSSR count). The fourth-order valence-corrected chi connectivity index (χ4v) is 1.51. The van der Waals surface area contributed by atoms with Gasteiger partial charge in [-0.05, 0) is 32.4 Å². The summed E-state index contributed by atoms with van der Waals surface area (Å²) in [4.78, 5) is 6.50. The van der Waals surface area contributed by atoms with Gasteiger partial charge in [0.1, 0.15) is 5.82 Å². The van der Waals surface area contributed by atoms with Crippen LogP contribution in [0.2, 0.25) is 0 Å². The van der Waals surface area contributed by atoms with Crippen LogP contribution in [0.1, 0.15) is 32.4 Å². The van der Waals surface area contributed by atoms with Gasteiger partial charge in [-0.1, -0.05) is 18.2 Å². The Morgan fingerprint density at radius 1 is 1.56 bits per heavy atom. The molecule has 0 aromatic carbocycles. The monoisotopic (exact) mass is 220 g/mol. The molecule has 0 spiro atoms. The summed E-state index contributed by atoms with van der Waals surface area (Å²) in [5, 5.41) is 9.39. The number of aliphatic hydroxyl groups excluding tert-OH is 1. The van der Waals surface area contributed by atoms with E-state index in [-0.39, 0.29) is 0 Å². The molecule has 0 radical (unpaired) electrons. The molecular weight excluding hydrogens is 200 g/mol. The zero-order valence-electron chi connectivity index (χ0n) is 10.3. The molecule has 16 heavy (non-hydrogen) atoms. The van der Waals surface area contributed by atoms with E-state index in [0.29, 0.717) is 0 Å². The Labute approximate surface area is 97.4 Å². The first-order chi connectivity index (χ1) is 7.54. The van der Waals surface area contributed by atoms with Gasteiger partial charge in [0.05, 0.1) is 6.10 Å². The molecule has 0 aliphatic carbocycles. The summed E-state index contributed by atoms with van der Waals surface area (Å²) in [6, 6.07) is 3.85. The fraction of sp³-hybridized carbons (Fsp3) is 0.462. The van der Waals surface area contributed by atoms with Gasteiger partial charge in [-0.15, -0.1) is 0 Å². The Bertz CT molecular complexity index is 343. The lowest BCUT2D eigenvalue weighted by Gasteiger charge is -2.22. The van der Waals surface area contributed by atoms with Crippen LogP contribution in [0.15, 0.2) is 30.5 Å². The van der Waals surface area contributed by atoms with Crippen LogP contribution < -0.4 is 4.90 Å². The predicted molar refractivity (Wildman–Crippen MR) is 67.6 cm³/mol. The minimum absolute atomic E-state index is 0.460. The van der Waals surface area contributed by atoms with Crippen LogP contribution in [0.5, 0.6) is 0 Å². The molecule has 0 aliphatic rings. The summed E-state index contributed by atoms with van der Waals surface area (Å²) in [6.45, 7) is 11.5. The second-order valence-corrected chi connectivity index (χ2v) is 4.10. The molecule has 3 nitrogen and oxygen atoms in total. The maximum absolute atomic E-state index is 9.39. The van der Waals surface area contributed by atoms with Crippen molar-refractivity contribution in [1.29, 1.82) is 0 Å². The van der Waals surface area contributed by atoms with Gasteiger partial charge in [-0.2, -0.15) is 0 Å². The third kappa shape index (κ3) is 3.35. The quantitative estimate of drug-likeness (QED) is 0.775. The molecule has 88 valence electrons. The number of aromatic nitrogens is 1. The second kappa shape index (κ2) is 5.66. The summed E-state index contributed by atoms with van der Waals surface area (Å²) < 4.78 is 0. The van der Waals surface area contributed by atoms with Gasteiger partial charge in [0.15, 0.2) is 0 Å². The molecule has 1 heterocycles. The molecule has 1 unspecified atom stereocenters. The molecule has 0 fully saturated rings. The van der Waals surface area contributed by atoms with Crippen molar-refractivity contribution in [3.8, 4) is 0 Å². The zero-order valence-corrected chi connectivity index (χ0v) is 10.3. The van der Waals surface area contributed by atoms with E-state index in [0.717, 1.165) is 30.0 Å². The highest BCUT2D eigenvalue weighted by molar-refractivity contribution is 5.40. The number of anilines is 1. The Morgan fingerprint density at radius 2 is 2.25 bits per heavy atom. The molecule has 1 atom stereocenters. The van der Waals surface area contributed by atoms with Crippen molar-refractivity contribution in [1.82, 2.24) is 4.98 Å². The van der Waals surface area contributed by atoms with Gasteiger partial charge < -0.3 is 10.0 Å². The molecule has 0 saturated heterocycles. The minimum Gasteiger partial charge on any atom is -0.389 e. The Morgan fingerprint density at radius 3 is 2.62 bits per heavy atom. The number of nitrogens with zero attached hydrogens (tertiary/aromatic N) is 2. The van der Waals surface area contributed by atoms with Gasteiger partial charge >= 0.3 is 0 Å². The van der Waals surface area contributed by atoms with Crippen molar-refractivity contribution in [2.24, 2.45) is 0 Å². The van der Waals surface area contributed by atoms with Crippen LogP contribution in [0.25, 0.3) is 0 Å². The second-order valence-electron chi connectivity index (χ2n) is 4.10. The summed E-state index contributed by atoms with van der Waals surface area (Å²) in [5.74, 6) is 0.926. The molecule has 3 heteroatoms.